The number of carbonyl (C=O) groups excluding carboxylic acids is 1. The van der Waals surface area contributed by atoms with E-state index in [1.165, 1.54) is 0 Å². The second-order valence-electron chi connectivity index (χ2n) is 6.26. The average molecular weight is 456 g/mol. The first-order valence-corrected chi connectivity index (χ1v) is 9.72. The maximum atomic E-state index is 12.3. The van der Waals surface area contributed by atoms with E-state index in [0.717, 1.165) is 12.0 Å². The van der Waals surface area contributed by atoms with Crippen LogP contribution in [0, 0.1) is 13.8 Å². The summed E-state index contributed by atoms with van der Waals surface area (Å²) >= 11 is 5.86. The monoisotopic (exact) mass is 455 g/mol. The minimum atomic E-state index is -0.146. The summed E-state index contributed by atoms with van der Waals surface area (Å²) in [5.41, 5.74) is 1.60. The number of methoxy groups -OCH3 is 1. The molecule has 1 N–H and O–H groups in total. The van der Waals surface area contributed by atoms with Gasteiger partial charge in [-0.3, -0.25) is 4.79 Å². The Labute approximate surface area is 191 Å². The summed E-state index contributed by atoms with van der Waals surface area (Å²) in [6, 6.07) is 14.4. The van der Waals surface area contributed by atoms with Gasteiger partial charge >= 0.3 is 17.4 Å². The zero-order chi connectivity index (χ0) is 20.9. The van der Waals surface area contributed by atoms with Gasteiger partial charge in [0.2, 0.25) is 0 Å². The molecule has 29 heavy (non-hydrogen) atoms. The van der Waals surface area contributed by atoms with Crippen LogP contribution in [-0.4, -0.2) is 25.2 Å². The van der Waals surface area contributed by atoms with E-state index in [-0.39, 0.29) is 35.4 Å². The predicted octanol–water partition coefficient (Wildman–Crippen LogP) is 5.50. The quantitative estimate of drug-likeness (QED) is 0.534. The SMILES string of the molecule is [CH2-]CC.[CH2-]CC(OC)C(C)NC(=O)c1ccc(OCc2ccc(Cl)cc2)cc1.[Cr+2]. The molecular formula is C23H30ClCrNO3. The molecule has 0 aliphatic heterocycles. The molecule has 2 aromatic carbocycles. The van der Waals surface area contributed by atoms with Crippen LogP contribution in [0.5, 0.6) is 5.75 Å². The van der Waals surface area contributed by atoms with Crippen LogP contribution in [0.25, 0.3) is 0 Å². The summed E-state index contributed by atoms with van der Waals surface area (Å²) in [7, 11) is 1.62. The molecule has 2 aromatic rings. The standard InChI is InChI=1S/C20H23ClNO3.C3H7.Cr/c1-4-19(24-3)14(2)22-20(23)16-7-11-18(12-8-16)25-13-15-5-9-17(21)10-6-15;1-3-2;/h5-12,14,19H,1,4,13H2,2-3H3,(H,22,23);1,3H2,2H3;/q2*-1;+2. The van der Waals surface area contributed by atoms with Gasteiger partial charge in [-0.1, -0.05) is 30.7 Å². The van der Waals surface area contributed by atoms with Crippen LogP contribution in [0.3, 0.4) is 0 Å². The summed E-state index contributed by atoms with van der Waals surface area (Å²) in [5.74, 6) is 0.555. The fraction of sp³-hybridized carbons (Fsp3) is 0.348. The van der Waals surface area contributed by atoms with Gasteiger partial charge in [-0.2, -0.15) is 12.8 Å². The maximum Gasteiger partial charge on any atom is 2.00 e. The maximum absolute atomic E-state index is 12.3. The van der Waals surface area contributed by atoms with Crippen molar-refractivity contribution >= 4 is 17.5 Å². The Bertz CT molecular complexity index is 688. The van der Waals surface area contributed by atoms with Crippen molar-refractivity contribution in [3.8, 4) is 5.75 Å². The molecule has 0 fully saturated rings. The zero-order valence-corrected chi connectivity index (χ0v) is 19.4. The molecule has 0 saturated heterocycles. The van der Waals surface area contributed by atoms with Crippen molar-refractivity contribution in [2.24, 2.45) is 0 Å². The number of amides is 1. The van der Waals surface area contributed by atoms with Crippen LogP contribution in [0.4, 0.5) is 0 Å². The molecule has 2 rings (SSSR count). The summed E-state index contributed by atoms with van der Waals surface area (Å²) in [6.45, 7) is 11.7. The molecule has 6 heteroatoms. The Balaban J connectivity index is 0.00000184. The van der Waals surface area contributed by atoms with Gasteiger partial charge in [0.25, 0.3) is 5.91 Å². The number of hydrogen-bond acceptors (Lipinski definition) is 3. The van der Waals surface area contributed by atoms with Crippen LogP contribution >= 0.6 is 11.6 Å². The molecule has 158 valence electrons. The summed E-state index contributed by atoms with van der Waals surface area (Å²) in [6.07, 6.45) is 1.49. The van der Waals surface area contributed by atoms with Crippen molar-refractivity contribution < 1.29 is 31.6 Å². The molecule has 2 atom stereocenters. The fourth-order valence-electron chi connectivity index (χ4n) is 2.40. The molecule has 4 nitrogen and oxygen atoms in total. The number of rotatable bonds is 8. The smallest absolute Gasteiger partial charge is 0.489 e. The van der Waals surface area contributed by atoms with E-state index < -0.39 is 0 Å². The van der Waals surface area contributed by atoms with E-state index >= 15 is 0 Å². The number of halogens is 1. The summed E-state index contributed by atoms with van der Waals surface area (Å²) in [4.78, 5) is 12.3. The van der Waals surface area contributed by atoms with Crippen LogP contribution in [0.1, 0.15) is 42.6 Å². The topological polar surface area (TPSA) is 47.6 Å². The van der Waals surface area contributed by atoms with Gasteiger partial charge in [-0.15, -0.1) is 0 Å². The van der Waals surface area contributed by atoms with Gasteiger partial charge in [0.05, 0.1) is 6.10 Å². The zero-order valence-electron chi connectivity index (χ0n) is 17.3. The molecule has 2 unspecified atom stereocenters. The largest absolute Gasteiger partial charge is 2.00 e. The van der Waals surface area contributed by atoms with Crippen LogP contribution in [-0.2, 0) is 28.7 Å². The number of carbonyl (C=O) groups is 1. The van der Waals surface area contributed by atoms with E-state index in [1.807, 2.05) is 38.1 Å². The van der Waals surface area contributed by atoms with Gasteiger partial charge in [0.15, 0.2) is 0 Å². The van der Waals surface area contributed by atoms with E-state index in [2.05, 4.69) is 19.2 Å². The third-order valence-corrected chi connectivity index (χ3v) is 4.19. The third-order valence-electron chi connectivity index (χ3n) is 3.94. The van der Waals surface area contributed by atoms with Crippen molar-refractivity contribution in [2.75, 3.05) is 7.11 Å². The third kappa shape index (κ3) is 10.2. The van der Waals surface area contributed by atoms with Crippen LogP contribution in [0.15, 0.2) is 48.5 Å². The predicted molar refractivity (Wildman–Crippen MR) is 116 cm³/mol. The van der Waals surface area contributed by atoms with Gasteiger partial charge in [-0.05, 0) is 48.9 Å². The Morgan fingerprint density at radius 3 is 2.14 bits per heavy atom. The molecule has 0 aliphatic carbocycles. The molecular weight excluding hydrogens is 426 g/mol. The van der Waals surface area contributed by atoms with Crippen molar-refractivity contribution in [3.05, 3.63) is 78.5 Å². The van der Waals surface area contributed by atoms with Crippen molar-refractivity contribution in [3.63, 3.8) is 0 Å². The minimum Gasteiger partial charge on any atom is -0.489 e. The van der Waals surface area contributed by atoms with Crippen LogP contribution < -0.4 is 10.1 Å². The van der Waals surface area contributed by atoms with Gasteiger partial charge in [0.1, 0.15) is 12.4 Å². The van der Waals surface area contributed by atoms with Crippen molar-refractivity contribution in [1.82, 2.24) is 5.32 Å². The summed E-state index contributed by atoms with van der Waals surface area (Å²) < 4.78 is 11.0. The second kappa shape index (κ2) is 15.3. The Morgan fingerprint density at radius 1 is 1.10 bits per heavy atom. The molecule has 0 saturated carbocycles. The molecule has 0 spiro atoms. The van der Waals surface area contributed by atoms with Crippen LogP contribution in [0.2, 0.25) is 5.02 Å². The molecule has 1 amide bonds. The second-order valence-corrected chi connectivity index (χ2v) is 6.70. The molecule has 0 aliphatic rings. The number of benzene rings is 2. The van der Waals surface area contributed by atoms with E-state index in [1.54, 1.807) is 31.4 Å². The Morgan fingerprint density at radius 2 is 1.66 bits per heavy atom. The average Bonchev–Trinajstić information content (AvgIpc) is 2.69. The Kier molecular flexibility index (Phi) is 14.6. The normalized spacial score (nSPS) is 11.9. The van der Waals surface area contributed by atoms with Gasteiger partial charge < -0.3 is 28.6 Å². The number of hydrogen-bond donors (Lipinski definition) is 1. The molecule has 0 heterocycles. The molecule has 0 bridgehead atoms. The molecule has 0 radical (unpaired) electrons. The Hall–Kier alpha value is -1.51. The minimum absolute atomic E-state index is 0. The van der Waals surface area contributed by atoms with E-state index in [4.69, 9.17) is 21.1 Å². The molecule has 0 aromatic heterocycles. The van der Waals surface area contributed by atoms with E-state index in [0.29, 0.717) is 29.4 Å². The fourth-order valence-corrected chi connectivity index (χ4v) is 2.53. The van der Waals surface area contributed by atoms with Gasteiger partial charge in [-0.25, -0.2) is 0 Å². The van der Waals surface area contributed by atoms with E-state index in [9.17, 15) is 4.79 Å². The first kappa shape index (κ1) is 27.5. The first-order chi connectivity index (χ1) is 13.4. The first-order valence-electron chi connectivity index (χ1n) is 9.34. The number of nitrogens with one attached hydrogen (secondary N) is 1. The number of ether oxygens (including phenoxy) is 2. The van der Waals surface area contributed by atoms with Crippen molar-refractivity contribution in [1.29, 1.82) is 0 Å². The summed E-state index contributed by atoms with van der Waals surface area (Å²) in [5, 5.41) is 3.62. The van der Waals surface area contributed by atoms with Gasteiger partial charge in [0, 0.05) is 23.7 Å². The van der Waals surface area contributed by atoms with Crippen molar-refractivity contribution in [2.45, 2.75) is 45.4 Å².